The number of alkyl halides is 2. The van der Waals surface area contributed by atoms with Crippen LogP contribution in [0.4, 0.5) is 4.39 Å². The molecule has 11 heavy (non-hydrogen) atoms. The molecule has 0 radical (unpaired) electrons. The molecule has 1 rings (SSSR count). The molecule has 1 saturated heterocycles. The molecule has 66 valence electrons. The zero-order chi connectivity index (χ0) is 8.43. The van der Waals surface area contributed by atoms with E-state index in [1.54, 1.807) is 0 Å². The van der Waals surface area contributed by atoms with Crippen LogP contribution in [0.3, 0.4) is 0 Å². The Morgan fingerprint density at radius 3 is 2.55 bits per heavy atom. The van der Waals surface area contributed by atoms with Crippen LogP contribution in [0.25, 0.3) is 0 Å². The van der Waals surface area contributed by atoms with Crippen molar-refractivity contribution in [1.82, 2.24) is 4.90 Å². The maximum Gasteiger partial charge on any atom is 0.114 e. The van der Waals surface area contributed by atoms with E-state index in [4.69, 9.17) is 0 Å². The topological polar surface area (TPSA) is 3.24 Å². The Kier molecular flexibility index (Phi) is 3.55. The minimum atomic E-state index is -0.604. The van der Waals surface area contributed by atoms with E-state index in [1.807, 2.05) is 0 Å². The lowest BCUT2D eigenvalue weighted by molar-refractivity contribution is 0.119. The maximum absolute atomic E-state index is 13.0. The zero-order valence-electron chi connectivity index (χ0n) is 7.06. The average Bonchev–Trinajstić information content (AvgIpc) is 1.85. The van der Waals surface area contributed by atoms with E-state index in [-0.39, 0.29) is 0 Å². The Labute approximate surface area is 81.5 Å². The van der Waals surface area contributed by atoms with Crippen molar-refractivity contribution in [2.75, 3.05) is 13.1 Å². The summed E-state index contributed by atoms with van der Waals surface area (Å²) in [5.41, 5.74) is 0. The number of likely N-dealkylation sites (tertiary alicyclic amines) is 1. The van der Waals surface area contributed by atoms with Crippen LogP contribution in [0.15, 0.2) is 0 Å². The third kappa shape index (κ3) is 2.86. The van der Waals surface area contributed by atoms with Gasteiger partial charge in [0.05, 0.1) is 0 Å². The molecule has 0 aromatic heterocycles. The minimum Gasteiger partial charge on any atom is -0.297 e. The average molecular weight is 271 g/mol. The molecule has 1 fully saturated rings. The van der Waals surface area contributed by atoms with Crippen LogP contribution in [-0.4, -0.2) is 34.1 Å². The van der Waals surface area contributed by atoms with Gasteiger partial charge in [0.15, 0.2) is 0 Å². The van der Waals surface area contributed by atoms with E-state index < -0.39 is 6.17 Å². The lowest BCUT2D eigenvalue weighted by Gasteiger charge is -2.34. The number of halogens is 2. The summed E-state index contributed by atoms with van der Waals surface area (Å²) in [4.78, 5) is 2.21. The van der Waals surface area contributed by atoms with E-state index in [0.29, 0.717) is 16.5 Å². The highest BCUT2D eigenvalue weighted by atomic mass is 127. The largest absolute Gasteiger partial charge is 0.297 e. The number of piperidine rings is 1. The summed E-state index contributed by atoms with van der Waals surface area (Å²) in [6.45, 7) is 5.94. The summed E-state index contributed by atoms with van der Waals surface area (Å²) in [7, 11) is 0. The Morgan fingerprint density at radius 1 is 1.45 bits per heavy atom. The highest BCUT2D eigenvalue weighted by Gasteiger charge is 2.26. The van der Waals surface area contributed by atoms with Crippen LogP contribution >= 0.6 is 22.6 Å². The van der Waals surface area contributed by atoms with E-state index in [0.717, 1.165) is 13.0 Å². The van der Waals surface area contributed by atoms with Crippen molar-refractivity contribution >= 4 is 22.6 Å². The lowest BCUT2D eigenvalue weighted by atomic mass is 10.1. The van der Waals surface area contributed by atoms with E-state index in [2.05, 4.69) is 41.3 Å². The second kappa shape index (κ2) is 4.03. The fourth-order valence-electron chi connectivity index (χ4n) is 1.43. The van der Waals surface area contributed by atoms with Crippen molar-refractivity contribution in [2.45, 2.75) is 36.4 Å². The molecule has 1 nitrogen and oxygen atoms in total. The van der Waals surface area contributed by atoms with Gasteiger partial charge in [0.25, 0.3) is 0 Å². The summed E-state index contributed by atoms with van der Waals surface area (Å²) in [6, 6.07) is 0.491. The fraction of sp³-hybridized carbons (Fsp3) is 1.00. The third-order valence-electron chi connectivity index (χ3n) is 2.11. The summed E-state index contributed by atoms with van der Waals surface area (Å²) in [5, 5.41) is 0. The van der Waals surface area contributed by atoms with Gasteiger partial charge in [0.2, 0.25) is 0 Å². The van der Waals surface area contributed by atoms with Crippen LogP contribution in [0, 0.1) is 0 Å². The van der Waals surface area contributed by atoms with Gasteiger partial charge in [-0.25, -0.2) is 4.39 Å². The molecule has 0 aromatic carbocycles. The summed E-state index contributed by atoms with van der Waals surface area (Å²) in [5.74, 6) is 0. The smallest absolute Gasteiger partial charge is 0.114 e. The van der Waals surface area contributed by atoms with Gasteiger partial charge in [-0.3, -0.25) is 4.90 Å². The van der Waals surface area contributed by atoms with Gasteiger partial charge in [0, 0.05) is 23.1 Å². The third-order valence-corrected chi connectivity index (χ3v) is 3.01. The minimum absolute atomic E-state index is 0.491. The first-order valence-corrected chi connectivity index (χ1v) is 5.36. The standard InChI is InChI=1S/C8H15FIN/c1-6(2)11-4-7(9)3-8(10)5-11/h6-8H,3-5H2,1-2H3/t7-,8-/m1/s1. The molecule has 3 heteroatoms. The van der Waals surface area contributed by atoms with Crippen molar-refractivity contribution < 1.29 is 4.39 Å². The zero-order valence-corrected chi connectivity index (χ0v) is 9.21. The molecule has 0 spiro atoms. The van der Waals surface area contributed by atoms with Crippen molar-refractivity contribution in [1.29, 1.82) is 0 Å². The monoisotopic (exact) mass is 271 g/mol. The van der Waals surface area contributed by atoms with Gasteiger partial charge in [-0.15, -0.1) is 0 Å². The molecule has 1 heterocycles. The van der Waals surface area contributed by atoms with Crippen molar-refractivity contribution in [2.24, 2.45) is 0 Å². The van der Waals surface area contributed by atoms with Crippen molar-refractivity contribution in [3.8, 4) is 0 Å². The molecule has 2 atom stereocenters. The predicted octanol–water partition coefficient (Wildman–Crippen LogP) is 2.24. The van der Waals surface area contributed by atoms with Crippen LogP contribution < -0.4 is 0 Å². The van der Waals surface area contributed by atoms with Crippen LogP contribution in [0.1, 0.15) is 20.3 Å². The van der Waals surface area contributed by atoms with Crippen molar-refractivity contribution in [3.05, 3.63) is 0 Å². The Balaban J connectivity index is 2.43. The molecule has 0 aliphatic carbocycles. The first-order chi connectivity index (χ1) is 5.09. The number of rotatable bonds is 1. The molecule has 1 aliphatic heterocycles. The predicted molar refractivity (Wildman–Crippen MR) is 54.0 cm³/mol. The molecule has 0 saturated carbocycles. The molecular weight excluding hydrogens is 256 g/mol. The van der Waals surface area contributed by atoms with Gasteiger partial charge in [-0.05, 0) is 20.3 Å². The van der Waals surface area contributed by atoms with Gasteiger partial charge >= 0.3 is 0 Å². The van der Waals surface area contributed by atoms with Crippen molar-refractivity contribution in [3.63, 3.8) is 0 Å². The summed E-state index contributed by atoms with van der Waals surface area (Å²) >= 11 is 2.34. The van der Waals surface area contributed by atoms with E-state index in [1.165, 1.54) is 0 Å². The van der Waals surface area contributed by atoms with Gasteiger partial charge < -0.3 is 0 Å². The Bertz CT molecular complexity index is 119. The number of hydrogen-bond acceptors (Lipinski definition) is 1. The molecule has 1 aliphatic rings. The molecule has 0 N–H and O–H groups in total. The highest BCUT2D eigenvalue weighted by Crippen LogP contribution is 2.21. The summed E-state index contributed by atoms with van der Waals surface area (Å²) in [6.07, 6.45) is 0.136. The van der Waals surface area contributed by atoms with Gasteiger partial charge in [0.1, 0.15) is 6.17 Å². The van der Waals surface area contributed by atoms with Crippen LogP contribution in [0.2, 0.25) is 0 Å². The fourth-order valence-corrected chi connectivity index (χ4v) is 2.49. The molecule has 0 bridgehead atoms. The normalized spacial score (nSPS) is 34.6. The van der Waals surface area contributed by atoms with Crippen LogP contribution in [-0.2, 0) is 0 Å². The molecule has 0 unspecified atom stereocenters. The highest BCUT2D eigenvalue weighted by molar-refractivity contribution is 14.1. The quantitative estimate of drug-likeness (QED) is 0.522. The van der Waals surface area contributed by atoms with Crippen LogP contribution in [0.5, 0.6) is 0 Å². The molecule has 0 aromatic rings. The Morgan fingerprint density at radius 2 is 2.09 bits per heavy atom. The molecular formula is C8H15FIN. The van der Waals surface area contributed by atoms with E-state index in [9.17, 15) is 4.39 Å². The second-order valence-electron chi connectivity index (χ2n) is 3.48. The lowest BCUT2D eigenvalue weighted by Crippen LogP contribution is -2.45. The first kappa shape index (κ1) is 9.71. The van der Waals surface area contributed by atoms with E-state index >= 15 is 0 Å². The number of hydrogen-bond donors (Lipinski definition) is 0. The van der Waals surface area contributed by atoms with Gasteiger partial charge in [-0.1, -0.05) is 22.6 Å². The maximum atomic E-state index is 13.0. The summed E-state index contributed by atoms with van der Waals surface area (Å²) < 4.78 is 13.5. The van der Waals surface area contributed by atoms with Gasteiger partial charge in [-0.2, -0.15) is 0 Å². The second-order valence-corrected chi connectivity index (χ2v) is 5.24. The number of nitrogens with zero attached hydrogens (tertiary/aromatic N) is 1. The first-order valence-electron chi connectivity index (χ1n) is 4.11. The Hall–Kier alpha value is 0.620. The SMILES string of the molecule is CC(C)N1C[C@H](F)C[C@@H](I)C1. The molecule has 0 amide bonds.